The summed E-state index contributed by atoms with van der Waals surface area (Å²) in [7, 11) is 3.38. The Balaban J connectivity index is 1.02. The van der Waals surface area contributed by atoms with Crippen LogP contribution in [0.4, 0.5) is 0 Å². The van der Waals surface area contributed by atoms with E-state index in [9.17, 15) is 33.6 Å². The monoisotopic (exact) mass is 1120 g/mol. The molecule has 0 aromatic heterocycles. The SMILES string of the molecule is CN[C@@H](C)C(=O)N[C@H](C(=O)N1Cc2ccccc2C[C@H]1CCN(CCc1ccc2ccccc2c1)C(=O)c1ccc(C(=O)N[C@H]2C[C@@H](C(=O)N[C@@H]3CCCc4ccccc43)N(C(=O)[C@@H](NC(=O)[C@H](C)NC)C(C)(C)C)C2)cc1)C(C)(C)C. The van der Waals surface area contributed by atoms with Crippen molar-refractivity contribution in [3.63, 3.8) is 0 Å². The van der Waals surface area contributed by atoms with Crippen molar-refractivity contribution >= 4 is 52.1 Å². The minimum absolute atomic E-state index is 0.0350. The number of nitrogens with one attached hydrogen (secondary N) is 6. The second-order valence-electron chi connectivity index (χ2n) is 24.9. The molecule has 5 aromatic carbocycles. The van der Waals surface area contributed by atoms with E-state index in [1.54, 1.807) is 52.2 Å². The Kier molecular flexibility index (Phi) is 19.4. The number of rotatable bonds is 19. The van der Waals surface area contributed by atoms with Gasteiger partial charge in [0.05, 0.1) is 18.1 Å². The lowest BCUT2D eigenvalue weighted by molar-refractivity contribution is -0.144. The van der Waals surface area contributed by atoms with E-state index in [2.05, 4.69) is 74.4 Å². The minimum atomic E-state index is -0.971. The van der Waals surface area contributed by atoms with Gasteiger partial charge >= 0.3 is 0 Å². The summed E-state index contributed by atoms with van der Waals surface area (Å²) in [4.78, 5) is 105. The van der Waals surface area contributed by atoms with Crippen LogP contribution in [0.25, 0.3) is 10.8 Å². The molecule has 2 heterocycles. The largest absolute Gasteiger partial charge is 0.347 e. The normalized spacial score (nSPS) is 19.4. The molecule has 1 aliphatic carbocycles. The average Bonchev–Trinajstić information content (AvgIpc) is 3.82. The molecule has 82 heavy (non-hydrogen) atoms. The molecule has 0 radical (unpaired) electrons. The molecule has 7 amide bonds. The lowest BCUT2D eigenvalue weighted by Crippen LogP contribution is -2.60. The van der Waals surface area contributed by atoms with Crippen LogP contribution in [0.3, 0.4) is 0 Å². The molecule has 0 saturated carbocycles. The molecular weight excluding hydrogens is 1030 g/mol. The van der Waals surface area contributed by atoms with Crippen LogP contribution in [0.1, 0.15) is 136 Å². The molecule has 16 nitrogen and oxygen atoms in total. The lowest BCUT2D eigenvalue weighted by atomic mass is 9.83. The summed E-state index contributed by atoms with van der Waals surface area (Å²) in [6.45, 7) is 16.0. The van der Waals surface area contributed by atoms with Gasteiger partial charge in [-0.1, -0.05) is 133 Å². The molecule has 3 aliphatic rings. The number of carbonyl (C=O) groups excluding carboxylic acids is 7. The van der Waals surface area contributed by atoms with Gasteiger partial charge in [-0.05, 0) is 147 Å². The van der Waals surface area contributed by atoms with Crippen molar-refractivity contribution in [1.29, 1.82) is 0 Å². The number of aryl methyl sites for hydroxylation is 1. The number of amides is 7. The smallest absolute Gasteiger partial charge is 0.253 e. The quantitative estimate of drug-likeness (QED) is 0.0502. The zero-order valence-electron chi connectivity index (χ0n) is 49.6. The van der Waals surface area contributed by atoms with E-state index in [0.29, 0.717) is 50.0 Å². The van der Waals surface area contributed by atoms with Crippen LogP contribution in [0.15, 0.2) is 115 Å². The minimum Gasteiger partial charge on any atom is -0.347 e. The maximum Gasteiger partial charge on any atom is 0.253 e. The predicted octanol–water partition coefficient (Wildman–Crippen LogP) is 7.04. The van der Waals surface area contributed by atoms with E-state index in [1.807, 2.05) is 99.9 Å². The molecule has 436 valence electrons. The van der Waals surface area contributed by atoms with Gasteiger partial charge in [0.25, 0.3) is 11.8 Å². The van der Waals surface area contributed by atoms with Gasteiger partial charge in [0.2, 0.25) is 29.5 Å². The highest BCUT2D eigenvalue weighted by molar-refractivity contribution is 5.99. The van der Waals surface area contributed by atoms with Crippen LogP contribution in [0, 0.1) is 10.8 Å². The summed E-state index contributed by atoms with van der Waals surface area (Å²) >= 11 is 0. The summed E-state index contributed by atoms with van der Waals surface area (Å²) in [6, 6.07) is 32.3. The summed E-state index contributed by atoms with van der Waals surface area (Å²) < 4.78 is 0. The van der Waals surface area contributed by atoms with Crippen molar-refractivity contribution in [1.82, 2.24) is 46.6 Å². The van der Waals surface area contributed by atoms with Crippen molar-refractivity contribution in [3.8, 4) is 0 Å². The maximum absolute atomic E-state index is 14.9. The second kappa shape index (κ2) is 26.2. The Bertz CT molecular complexity index is 3130. The molecule has 8 rings (SSSR count). The van der Waals surface area contributed by atoms with E-state index in [1.165, 1.54) is 10.5 Å². The van der Waals surface area contributed by atoms with Crippen LogP contribution in [-0.4, -0.2) is 132 Å². The fraction of sp³-hybridized carbons (Fsp3) is 0.470. The Labute approximate surface area is 484 Å². The van der Waals surface area contributed by atoms with Crippen LogP contribution in [0.5, 0.6) is 0 Å². The number of hydrogen-bond acceptors (Lipinski definition) is 9. The molecule has 0 spiro atoms. The molecule has 0 bridgehead atoms. The highest BCUT2D eigenvalue weighted by atomic mass is 16.2. The first-order valence-electron chi connectivity index (χ1n) is 29.2. The average molecular weight is 1120 g/mol. The van der Waals surface area contributed by atoms with Gasteiger partial charge in [-0.25, -0.2) is 0 Å². The van der Waals surface area contributed by atoms with Crippen molar-refractivity contribution in [2.45, 2.75) is 155 Å². The molecule has 2 aliphatic heterocycles. The van der Waals surface area contributed by atoms with Crippen molar-refractivity contribution in [2.24, 2.45) is 10.8 Å². The standard InChI is InChI=1S/C66H85N9O7/c1-41(67-9)58(76)71-56(65(3,4)5)63(81)74-39-50-22-14-13-21-49(50)37-52(74)33-35-73(34-32-43-26-27-44-18-11-12-20-48(44)36-43)62(80)47-30-28-46(29-31-47)60(78)69-51-38-55(61(79)70-54-25-17-23-45-19-15-16-24-53(45)54)75(40-51)64(82)57(66(6,7)8)72-59(77)42(2)68-10/h11-16,18-22,24,26-31,36,41-42,51-52,54-57,67-68H,17,23,25,32-35,37-40H2,1-10H3,(H,69,78)(H,70,79)(H,71,76)(H,72,77)/t41-,42-,51-,52+,54+,55-,56+,57+/m0/s1. The second-order valence-corrected chi connectivity index (χ2v) is 24.9. The van der Waals surface area contributed by atoms with Gasteiger partial charge in [0, 0.05) is 49.4 Å². The number of benzene rings is 5. The third-order valence-corrected chi connectivity index (χ3v) is 16.9. The molecule has 6 N–H and O–H groups in total. The third kappa shape index (κ3) is 14.4. The highest BCUT2D eigenvalue weighted by Gasteiger charge is 2.46. The van der Waals surface area contributed by atoms with Gasteiger partial charge in [-0.3, -0.25) is 33.6 Å². The number of likely N-dealkylation sites (N-methyl/N-ethyl adjacent to an activating group) is 2. The highest BCUT2D eigenvalue weighted by Crippen LogP contribution is 2.33. The van der Waals surface area contributed by atoms with Crippen molar-refractivity contribution in [2.75, 3.05) is 33.7 Å². The first kappa shape index (κ1) is 60.7. The van der Waals surface area contributed by atoms with Gasteiger partial charge in [-0.15, -0.1) is 0 Å². The zero-order chi connectivity index (χ0) is 59.0. The lowest BCUT2D eigenvalue weighted by Gasteiger charge is -2.42. The van der Waals surface area contributed by atoms with Gasteiger partial charge < -0.3 is 46.6 Å². The van der Waals surface area contributed by atoms with Gasteiger partial charge in [-0.2, -0.15) is 0 Å². The third-order valence-electron chi connectivity index (χ3n) is 16.9. The summed E-state index contributed by atoms with van der Waals surface area (Å²) in [5.74, 6) is -2.19. The molecule has 8 atom stereocenters. The Morgan fingerprint density at radius 3 is 1.84 bits per heavy atom. The number of fused-ring (bicyclic) bond motifs is 3. The number of hydrogen-bond donors (Lipinski definition) is 6. The number of carbonyl (C=O) groups is 7. The van der Waals surface area contributed by atoms with Gasteiger partial charge in [0.15, 0.2) is 0 Å². The molecule has 0 unspecified atom stereocenters. The first-order valence-corrected chi connectivity index (χ1v) is 29.2. The van der Waals surface area contributed by atoms with E-state index in [0.717, 1.165) is 52.3 Å². The van der Waals surface area contributed by atoms with Crippen LogP contribution in [0.2, 0.25) is 0 Å². The number of likely N-dealkylation sites (tertiary alicyclic amines) is 1. The zero-order valence-corrected chi connectivity index (χ0v) is 49.6. The fourth-order valence-corrected chi connectivity index (χ4v) is 11.6. The predicted molar refractivity (Wildman–Crippen MR) is 321 cm³/mol. The van der Waals surface area contributed by atoms with E-state index in [4.69, 9.17) is 0 Å². The van der Waals surface area contributed by atoms with E-state index in [-0.39, 0.29) is 54.6 Å². The first-order chi connectivity index (χ1) is 39.0. The van der Waals surface area contributed by atoms with E-state index < -0.39 is 58.9 Å². The van der Waals surface area contributed by atoms with Crippen LogP contribution in [-0.2, 0) is 49.8 Å². The number of nitrogens with zero attached hydrogens (tertiary/aromatic N) is 3. The molecule has 16 heteroatoms. The molecular formula is C66H85N9O7. The summed E-state index contributed by atoms with van der Waals surface area (Å²) in [5.41, 5.74) is 4.83. The van der Waals surface area contributed by atoms with Crippen LogP contribution < -0.4 is 31.9 Å². The van der Waals surface area contributed by atoms with Crippen molar-refractivity contribution < 1.29 is 33.6 Å². The van der Waals surface area contributed by atoms with Gasteiger partial charge in [0.1, 0.15) is 18.1 Å². The molecule has 1 fully saturated rings. The molecule has 1 saturated heterocycles. The Morgan fingerprint density at radius 1 is 0.634 bits per heavy atom. The van der Waals surface area contributed by atoms with Crippen molar-refractivity contribution in [3.05, 3.63) is 154 Å². The summed E-state index contributed by atoms with van der Waals surface area (Å²) in [5, 5.41) is 20.5. The maximum atomic E-state index is 14.9. The fourth-order valence-electron chi connectivity index (χ4n) is 11.6. The van der Waals surface area contributed by atoms with E-state index >= 15 is 0 Å². The topological polar surface area (TPSA) is 201 Å². The van der Waals surface area contributed by atoms with Crippen LogP contribution >= 0.6 is 0 Å². The molecule has 5 aromatic rings. The Morgan fingerprint density at radius 2 is 1.21 bits per heavy atom. The summed E-state index contributed by atoms with van der Waals surface area (Å²) in [6.07, 6.45) is 4.33. The Hall–Kier alpha value is -7.43.